The van der Waals surface area contributed by atoms with E-state index in [9.17, 15) is 14.4 Å². The van der Waals surface area contributed by atoms with Crippen LogP contribution in [0.3, 0.4) is 0 Å². The Bertz CT molecular complexity index is 1520. The number of esters is 1. The van der Waals surface area contributed by atoms with E-state index < -0.39 is 6.17 Å². The Labute approximate surface area is 291 Å². The Morgan fingerprint density at radius 1 is 1.00 bits per heavy atom. The van der Waals surface area contributed by atoms with Gasteiger partial charge in [0.15, 0.2) is 0 Å². The molecule has 49 heavy (non-hydrogen) atoms. The predicted octanol–water partition coefficient (Wildman–Crippen LogP) is 6.01. The Hall–Kier alpha value is -3.06. The molecule has 7 nitrogen and oxygen atoms in total. The highest BCUT2D eigenvalue weighted by molar-refractivity contribution is 5.69. The fraction of sp³-hybridized carbons (Fsp3) is 0.650. The number of benzene rings is 2. The number of alkyl halides is 1. The van der Waals surface area contributed by atoms with E-state index in [1.165, 1.54) is 13.5 Å². The summed E-state index contributed by atoms with van der Waals surface area (Å²) in [5.74, 6) is 0.687. The lowest BCUT2D eigenvalue weighted by molar-refractivity contribution is -0.142. The number of rotatable bonds is 12. The summed E-state index contributed by atoms with van der Waals surface area (Å²) >= 11 is 0. The fourth-order valence-corrected chi connectivity index (χ4v) is 10.2. The normalized spacial score (nSPS) is 26.3. The molecular formula is C40H53F2N5O2. The minimum Gasteiger partial charge on any atom is -0.469 e. The molecule has 0 aromatic heterocycles. The van der Waals surface area contributed by atoms with Crippen molar-refractivity contribution >= 4 is 11.7 Å². The molecule has 2 aromatic rings. The number of likely N-dealkylation sites (tertiary alicyclic amines) is 3. The van der Waals surface area contributed by atoms with Gasteiger partial charge in [-0.2, -0.15) is 5.26 Å². The van der Waals surface area contributed by atoms with Gasteiger partial charge in [-0.25, -0.2) is 8.78 Å². The monoisotopic (exact) mass is 673 g/mol. The summed E-state index contributed by atoms with van der Waals surface area (Å²) in [6.45, 7) is 12.1. The van der Waals surface area contributed by atoms with Crippen LogP contribution in [0.25, 0.3) is 0 Å². The van der Waals surface area contributed by atoms with E-state index in [1.807, 2.05) is 12.1 Å². The minimum atomic E-state index is -0.751. The second kappa shape index (κ2) is 14.3. The second-order valence-corrected chi connectivity index (χ2v) is 16.2. The molecule has 0 spiro atoms. The standard InChI is InChI=1S/C40H53F2N5O2/c1-39(26-47(27-39)36-11-10-30(21-43)31(18-36)22-46-23-35(42)24-46)25-45-16-12-32(13-17-45)40(28-44-14-5-15-44,33-7-4-8-34(41)20-33)37-9-3-6-29(37)19-38(48)49-2/h4,7-8,10-11,18,20,29,32,35,37H,3,5-6,9,12-17,19,22-28H2,1-2H3/t29-,37+,40+/m1/s1. The first-order chi connectivity index (χ1) is 23.7. The summed E-state index contributed by atoms with van der Waals surface area (Å²) in [6, 6.07) is 15.9. The molecule has 4 heterocycles. The van der Waals surface area contributed by atoms with Gasteiger partial charge in [0.2, 0.25) is 0 Å². The van der Waals surface area contributed by atoms with Crippen LogP contribution in [0.1, 0.15) is 68.6 Å². The van der Waals surface area contributed by atoms with Crippen LogP contribution in [0.2, 0.25) is 0 Å². The van der Waals surface area contributed by atoms with E-state index in [2.05, 4.69) is 50.8 Å². The van der Waals surface area contributed by atoms with Gasteiger partial charge >= 0.3 is 5.97 Å². The largest absolute Gasteiger partial charge is 0.469 e. The Morgan fingerprint density at radius 2 is 1.78 bits per heavy atom. The van der Waals surface area contributed by atoms with E-state index in [-0.39, 0.29) is 28.5 Å². The van der Waals surface area contributed by atoms with Gasteiger partial charge in [-0.15, -0.1) is 0 Å². The molecule has 4 aliphatic heterocycles. The van der Waals surface area contributed by atoms with Crippen molar-refractivity contribution < 1.29 is 18.3 Å². The zero-order valence-corrected chi connectivity index (χ0v) is 29.4. The maximum Gasteiger partial charge on any atom is 0.305 e. The first kappa shape index (κ1) is 34.4. The van der Waals surface area contributed by atoms with Crippen molar-refractivity contribution in [3.8, 4) is 6.07 Å². The summed E-state index contributed by atoms with van der Waals surface area (Å²) in [5.41, 5.74) is 3.91. The van der Waals surface area contributed by atoms with E-state index in [0.29, 0.717) is 43.5 Å². The fourth-order valence-electron chi connectivity index (χ4n) is 10.2. The Balaban J connectivity index is 1.04. The number of carbonyl (C=O) groups is 1. The molecule has 2 aromatic carbocycles. The predicted molar refractivity (Wildman–Crippen MR) is 187 cm³/mol. The summed E-state index contributed by atoms with van der Waals surface area (Å²) in [6.07, 6.45) is 6.26. The third-order valence-corrected chi connectivity index (χ3v) is 12.7. The van der Waals surface area contributed by atoms with Crippen molar-refractivity contribution in [2.24, 2.45) is 23.2 Å². The second-order valence-electron chi connectivity index (χ2n) is 16.2. The number of ether oxygens (including phenoxy) is 1. The summed E-state index contributed by atoms with van der Waals surface area (Å²) in [4.78, 5) is 22.3. The number of piperidine rings is 1. The lowest BCUT2D eigenvalue weighted by atomic mass is 9.56. The number of nitrogens with zero attached hydrogens (tertiary/aromatic N) is 5. The van der Waals surface area contributed by atoms with Crippen molar-refractivity contribution in [2.45, 2.75) is 70.0 Å². The van der Waals surface area contributed by atoms with Crippen molar-refractivity contribution in [1.82, 2.24) is 14.7 Å². The summed E-state index contributed by atoms with van der Waals surface area (Å²) in [5, 5.41) is 9.66. The number of anilines is 1. The van der Waals surface area contributed by atoms with Crippen molar-refractivity contribution in [1.29, 1.82) is 5.26 Å². The van der Waals surface area contributed by atoms with E-state index in [4.69, 9.17) is 4.74 Å². The number of hydrogen-bond donors (Lipinski definition) is 0. The van der Waals surface area contributed by atoms with Crippen LogP contribution >= 0.6 is 0 Å². The number of nitriles is 1. The molecule has 0 unspecified atom stereocenters. The van der Waals surface area contributed by atoms with E-state index in [1.54, 1.807) is 12.1 Å². The SMILES string of the molecule is COC(=O)C[C@H]1CCC[C@@H]1[C@](CN1CCC1)(c1cccc(F)c1)C1CCN(CC2(C)CN(c3ccc(C#N)c(CN4CC(F)C4)c3)C2)CC1. The maximum atomic E-state index is 15.0. The zero-order chi connectivity index (χ0) is 34.2. The summed E-state index contributed by atoms with van der Waals surface area (Å²) in [7, 11) is 1.49. The van der Waals surface area contributed by atoms with Gasteiger partial charge in [0, 0.05) is 68.8 Å². The average Bonchev–Trinajstić information content (AvgIpc) is 3.51. The highest BCUT2D eigenvalue weighted by Gasteiger charge is 2.53. The van der Waals surface area contributed by atoms with Crippen molar-refractivity contribution in [3.63, 3.8) is 0 Å². The number of methoxy groups -OCH3 is 1. The van der Waals surface area contributed by atoms with Crippen LogP contribution in [-0.2, 0) is 21.5 Å². The molecule has 264 valence electrons. The molecule has 5 aliphatic rings. The molecule has 3 atom stereocenters. The Morgan fingerprint density at radius 3 is 2.43 bits per heavy atom. The molecule has 0 amide bonds. The van der Waals surface area contributed by atoms with Gasteiger partial charge in [0.05, 0.1) is 18.7 Å². The maximum absolute atomic E-state index is 15.0. The van der Waals surface area contributed by atoms with Gasteiger partial charge in [-0.05, 0) is 117 Å². The van der Waals surface area contributed by atoms with Crippen LogP contribution in [0.4, 0.5) is 14.5 Å². The van der Waals surface area contributed by atoms with Crippen LogP contribution in [0.15, 0.2) is 42.5 Å². The topological polar surface area (TPSA) is 63.1 Å². The highest BCUT2D eigenvalue weighted by Crippen LogP contribution is 2.54. The van der Waals surface area contributed by atoms with E-state index in [0.717, 1.165) is 101 Å². The number of carbonyl (C=O) groups excluding carboxylic acids is 1. The smallest absolute Gasteiger partial charge is 0.305 e. The quantitative estimate of drug-likeness (QED) is 0.256. The number of halogens is 2. The van der Waals surface area contributed by atoms with Crippen LogP contribution in [0.5, 0.6) is 0 Å². The van der Waals surface area contributed by atoms with Crippen molar-refractivity contribution in [2.75, 3.05) is 77.5 Å². The lowest BCUT2D eigenvalue weighted by Gasteiger charge is -2.55. The van der Waals surface area contributed by atoms with Gasteiger partial charge < -0.3 is 19.4 Å². The zero-order valence-electron chi connectivity index (χ0n) is 29.4. The van der Waals surface area contributed by atoms with Crippen LogP contribution in [0, 0.1) is 40.3 Å². The number of hydrogen-bond acceptors (Lipinski definition) is 7. The van der Waals surface area contributed by atoms with Gasteiger partial charge in [-0.1, -0.05) is 25.5 Å². The van der Waals surface area contributed by atoms with Crippen LogP contribution in [-0.4, -0.2) is 99.4 Å². The highest BCUT2D eigenvalue weighted by atomic mass is 19.1. The van der Waals surface area contributed by atoms with Crippen molar-refractivity contribution in [3.05, 3.63) is 65.0 Å². The average molecular weight is 674 g/mol. The minimum absolute atomic E-state index is 0.130. The molecule has 0 radical (unpaired) electrons. The molecule has 5 fully saturated rings. The third kappa shape index (κ3) is 7.11. The van der Waals surface area contributed by atoms with Gasteiger partial charge in [0.1, 0.15) is 12.0 Å². The molecule has 9 heteroatoms. The first-order valence-electron chi connectivity index (χ1n) is 18.6. The molecule has 1 saturated carbocycles. The summed E-state index contributed by atoms with van der Waals surface area (Å²) < 4.78 is 33.6. The lowest BCUT2D eigenvalue weighted by Crippen LogP contribution is -2.61. The van der Waals surface area contributed by atoms with Gasteiger partial charge in [0.25, 0.3) is 0 Å². The molecule has 7 rings (SSSR count). The molecular weight excluding hydrogens is 620 g/mol. The third-order valence-electron chi connectivity index (χ3n) is 12.7. The molecule has 4 saturated heterocycles. The van der Waals surface area contributed by atoms with E-state index >= 15 is 4.39 Å². The molecule has 0 bridgehead atoms. The molecule has 1 aliphatic carbocycles. The van der Waals surface area contributed by atoms with Crippen LogP contribution < -0.4 is 4.90 Å². The first-order valence-corrected chi connectivity index (χ1v) is 18.6. The van der Waals surface area contributed by atoms with Gasteiger partial charge in [-0.3, -0.25) is 9.69 Å². The molecule has 0 N–H and O–H groups in total. The Kier molecular flexibility index (Phi) is 10.0.